The molecule has 0 bridgehead atoms. The Morgan fingerprint density at radius 1 is 1.50 bits per heavy atom. The zero-order valence-corrected chi connectivity index (χ0v) is 17.4. The first-order valence-electron chi connectivity index (χ1n) is 10.1. The number of aromatic nitrogens is 2. The van der Waals surface area contributed by atoms with E-state index in [0.717, 1.165) is 50.2 Å². The molecule has 0 spiro atoms. The van der Waals surface area contributed by atoms with Crippen LogP contribution in [0.25, 0.3) is 0 Å². The lowest BCUT2D eigenvalue weighted by Gasteiger charge is -2.25. The van der Waals surface area contributed by atoms with E-state index in [1.165, 1.54) is 5.69 Å². The Morgan fingerprint density at radius 2 is 2.32 bits per heavy atom. The van der Waals surface area contributed by atoms with E-state index in [1.807, 2.05) is 23.9 Å². The quantitative estimate of drug-likeness (QED) is 0.669. The first kappa shape index (κ1) is 20.6. The summed E-state index contributed by atoms with van der Waals surface area (Å²) in [7, 11) is 3.72. The summed E-state index contributed by atoms with van der Waals surface area (Å²) >= 11 is 0. The number of furan rings is 1. The Hall–Kier alpha value is -2.12. The van der Waals surface area contributed by atoms with Crippen molar-refractivity contribution in [3.05, 3.63) is 41.1 Å². The lowest BCUT2D eigenvalue weighted by Crippen LogP contribution is -2.36. The Labute approximate surface area is 167 Å². The molecule has 3 rings (SSSR count). The fraction of sp³-hybridized carbons (Fsp3) is 0.619. The number of fused-ring (bicyclic) bond motifs is 1. The molecule has 2 aromatic rings. The maximum atomic E-state index is 13.0. The minimum absolute atomic E-state index is 0.0563. The van der Waals surface area contributed by atoms with Crippen molar-refractivity contribution in [2.75, 3.05) is 20.2 Å². The summed E-state index contributed by atoms with van der Waals surface area (Å²) in [5, 5.41) is 8.17. The van der Waals surface area contributed by atoms with E-state index in [4.69, 9.17) is 9.15 Å². The number of carbonyl (C=O) groups excluding carboxylic acids is 1. The predicted molar refractivity (Wildman–Crippen MR) is 107 cm³/mol. The van der Waals surface area contributed by atoms with Crippen LogP contribution >= 0.6 is 0 Å². The molecule has 7 heteroatoms. The highest BCUT2D eigenvalue weighted by atomic mass is 16.5. The molecule has 0 fully saturated rings. The van der Waals surface area contributed by atoms with Gasteiger partial charge in [-0.25, -0.2) is 0 Å². The van der Waals surface area contributed by atoms with E-state index in [9.17, 15) is 4.79 Å². The molecule has 0 radical (unpaired) electrons. The van der Waals surface area contributed by atoms with Crippen molar-refractivity contribution in [2.24, 2.45) is 7.05 Å². The van der Waals surface area contributed by atoms with Gasteiger partial charge in [0.05, 0.1) is 18.9 Å². The van der Waals surface area contributed by atoms with Crippen molar-refractivity contribution >= 4 is 5.91 Å². The van der Waals surface area contributed by atoms with Crippen LogP contribution in [0.3, 0.4) is 0 Å². The summed E-state index contributed by atoms with van der Waals surface area (Å²) < 4.78 is 12.8. The smallest absolute Gasteiger partial charge is 0.274 e. The summed E-state index contributed by atoms with van der Waals surface area (Å²) in [6.07, 6.45) is 5.73. The molecule has 0 saturated heterocycles. The van der Waals surface area contributed by atoms with E-state index in [0.29, 0.717) is 18.3 Å². The van der Waals surface area contributed by atoms with Gasteiger partial charge in [-0.3, -0.25) is 9.48 Å². The average Bonchev–Trinajstić information content (AvgIpc) is 3.28. The number of carbonyl (C=O) groups is 1. The van der Waals surface area contributed by atoms with Gasteiger partial charge in [-0.05, 0) is 58.2 Å². The van der Waals surface area contributed by atoms with Crippen LogP contribution in [-0.4, -0.2) is 52.9 Å². The number of amides is 1. The Balaban J connectivity index is 1.60. The normalized spacial score (nSPS) is 16.4. The molecule has 0 aliphatic heterocycles. The molecule has 1 amide bonds. The largest absolute Gasteiger partial charge is 0.467 e. The number of hydrogen-bond acceptors (Lipinski definition) is 5. The van der Waals surface area contributed by atoms with Crippen molar-refractivity contribution in [3.8, 4) is 0 Å². The van der Waals surface area contributed by atoms with Gasteiger partial charge in [0, 0.05) is 38.0 Å². The Morgan fingerprint density at radius 3 is 3.04 bits per heavy atom. The third-order valence-electron chi connectivity index (χ3n) is 5.18. The molecule has 1 unspecified atom stereocenters. The minimum Gasteiger partial charge on any atom is -0.467 e. The molecule has 1 atom stereocenters. The van der Waals surface area contributed by atoms with E-state index in [2.05, 4.69) is 24.3 Å². The van der Waals surface area contributed by atoms with E-state index >= 15 is 0 Å². The summed E-state index contributed by atoms with van der Waals surface area (Å²) in [5.41, 5.74) is 2.83. The van der Waals surface area contributed by atoms with Gasteiger partial charge in [-0.2, -0.15) is 5.10 Å². The third-order valence-corrected chi connectivity index (χ3v) is 5.18. The molecule has 0 aromatic carbocycles. The van der Waals surface area contributed by atoms with Gasteiger partial charge in [-0.1, -0.05) is 0 Å². The molecule has 1 aliphatic rings. The molecular formula is C21H32N4O3. The Kier molecular flexibility index (Phi) is 6.91. The fourth-order valence-electron chi connectivity index (χ4n) is 3.72. The molecule has 2 heterocycles. The predicted octanol–water partition coefficient (Wildman–Crippen LogP) is 2.55. The molecule has 0 saturated carbocycles. The lowest BCUT2D eigenvalue weighted by atomic mass is 9.91. The van der Waals surface area contributed by atoms with Gasteiger partial charge in [-0.15, -0.1) is 0 Å². The maximum Gasteiger partial charge on any atom is 0.274 e. The molecule has 7 nitrogen and oxygen atoms in total. The SMILES string of the molecule is CC(C)OCCCNC1CCc2c(c(C(=O)N(C)Cc3ccco3)nn2C)C1. The second kappa shape index (κ2) is 9.39. The average molecular weight is 389 g/mol. The van der Waals surface area contributed by atoms with Crippen molar-refractivity contribution in [3.63, 3.8) is 0 Å². The monoisotopic (exact) mass is 388 g/mol. The molecule has 28 heavy (non-hydrogen) atoms. The van der Waals surface area contributed by atoms with Crippen LogP contribution in [0, 0.1) is 0 Å². The highest BCUT2D eigenvalue weighted by molar-refractivity contribution is 5.94. The van der Waals surface area contributed by atoms with Gasteiger partial charge >= 0.3 is 0 Å². The van der Waals surface area contributed by atoms with Crippen LogP contribution in [0.15, 0.2) is 22.8 Å². The molecule has 1 aliphatic carbocycles. The fourth-order valence-corrected chi connectivity index (χ4v) is 3.72. The van der Waals surface area contributed by atoms with Crippen molar-refractivity contribution in [2.45, 2.75) is 58.2 Å². The maximum absolute atomic E-state index is 13.0. The standard InChI is InChI=1S/C21H32N4O3/c1-15(2)27-12-6-10-22-16-8-9-19-18(13-16)20(23-25(19)4)21(26)24(3)14-17-7-5-11-28-17/h5,7,11,15-16,22H,6,8-10,12-14H2,1-4H3. The zero-order chi connectivity index (χ0) is 20.1. The topological polar surface area (TPSA) is 72.5 Å². The van der Waals surface area contributed by atoms with E-state index < -0.39 is 0 Å². The number of nitrogens with zero attached hydrogens (tertiary/aromatic N) is 3. The van der Waals surface area contributed by atoms with Crippen molar-refractivity contribution in [1.29, 1.82) is 0 Å². The molecule has 2 aromatic heterocycles. The molecular weight excluding hydrogens is 356 g/mol. The second-order valence-electron chi connectivity index (χ2n) is 7.80. The van der Waals surface area contributed by atoms with Crippen LogP contribution in [0.5, 0.6) is 0 Å². The lowest BCUT2D eigenvalue weighted by molar-refractivity contribution is 0.0766. The van der Waals surface area contributed by atoms with Gasteiger partial charge in [0.15, 0.2) is 5.69 Å². The number of nitrogens with one attached hydrogen (secondary N) is 1. The first-order valence-corrected chi connectivity index (χ1v) is 10.1. The molecule has 154 valence electrons. The van der Waals surface area contributed by atoms with Gasteiger partial charge in [0.25, 0.3) is 5.91 Å². The summed E-state index contributed by atoms with van der Waals surface area (Å²) in [4.78, 5) is 14.7. The van der Waals surface area contributed by atoms with E-state index in [1.54, 1.807) is 18.2 Å². The van der Waals surface area contributed by atoms with Crippen LogP contribution in [-0.2, 0) is 31.2 Å². The summed E-state index contributed by atoms with van der Waals surface area (Å²) in [5.74, 6) is 0.711. The number of ether oxygens (including phenoxy) is 1. The van der Waals surface area contributed by atoms with Gasteiger partial charge in [0.1, 0.15) is 5.76 Å². The van der Waals surface area contributed by atoms with E-state index in [-0.39, 0.29) is 12.0 Å². The first-order chi connectivity index (χ1) is 13.5. The highest BCUT2D eigenvalue weighted by Crippen LogP contribution is 2.25. The zero-order valence-electron chi connectivity index (χ0n) is 17.4. The van der Waals surface area contributed by atoms with Crippen molar-refractivity contribution in [1.82, 2.24) is 20.0 Å². The molecule has 1 N–H and O–H groups in total. The summed E-state index contributed by atoms with van der Waals surface area (Å²) in [6, 6.07) is 4.08. The highest BCUT2D eigenvalue weighted by Gasteiger charge is 2.29. The third kappa shape index (κ3) is 5.02. The number of rotatable bonds is 9. The van der Waals surface area contributed by atoms with Gasteiger partial charge in [0.2, 0.25) is 0 Å². The summed E-state index contributed by atoms with van der Waals surface area (Å²) in [6.45, 7) is 6.25. The number of hydrogen-bond donors (Lipinski definition) is 1. The minimum atomic E-state index is -0.0563. The Bertz CT molecular complexity index is 767. The van der Waals surface area contributed by atoms with Crippen LogP contribution < -0.4 is 5.32 Å². The second-order valence-corrected chi connectivity index (χ2v) is 7.80. The van der Waals surface area contributed by atoms with Gasteiger partial charge < -0.3 is 19.4 Å². The van der Waals surface area contributed by atoms with Crippen molar-refractivity contribution < 1.29 is 13.9 Å². The van der Waals surface area contributed by atoms with Crippen LogP contribution in [0.1, 0.15) is 54.2 Å². The van der Waals surface area contributed by atoms with Crippen LogP contribution in [0.2, 0.25) is 0 Å². The number of aryl methyl sites for hydroxylation is 1. The van der Waals surface area contributed by atoms with Crippen LogP contribution in [0.4, 0.5) is 0 Å².